The summed E-state index contributed by atoms with van der Waals surface area (Å²) >= 11 is 0. The van der Waals surface area contributed by atoms with Crippen molar-refractivity contribution in [3.8, 4) is 11.5 Å². The average molecular weight is 425 g/mol. The van der Waals surface area contributed by atoms with Crippen LogP contribution in [0.1, 0.15) is 30.5 Å². The summed E-state index contributed by atoms with van der Waals surface area (Å²) in [5.41, 5.74) is 0.468. The molecule has 0 spiro atoms. The molecular weight excluding hydrogens is 401 g/mol. The lowest BCUT2D eigenvalue weighted by Crippen LogP contribution is -2.30. The number of Topliss-reactive ketones (excluding diaryl/α,β-unsaturated/α-hetero) is 1. The summed E-state index contributed by atoms with van der Waals surface area (Å²) in [5.74, 6) is -1.94. The summed E-state index contributed by atoms with van der Waals surface area (Å²) in [7, 11) is 1.37. The number of ether oxygens (including phenoxy) is 2. The zero-order valence-electron chi connectivity index (χ0n) is 17.4. The molecule has 3 rings (SSSR count). The van der Waals surface area contributed by atoms with Gasteiger partial charge in [-0.3, -0.25) is 9.59 Å². The molecule has 31 heavy (non-hydrogen) atoms. The molecule has 1 unspecified atom stereocenters. The maximum absolute atomic E-state index is 13.9. The van der Waals surface area contributed by atoms with Crippen LogP contribution in [0, 0.1) is 5.82 Å². The number of nitrogens with zero attached hydrogens (tertiary/aromatic N) is 1. The number of methoxy groups -OCH3 is 1. The third-order valence-electron chi connectivity index (χ3n) is 4.96. The molecule has 0 aromatic heterocycles. The Hall–Kier alpha value is -3.61. The molecular formula is C24H24FNO5. The summed E-state index contributed by atoms with van der Waals surface area (Å²) in [6, 6.07) is 9.70. The van der Waals surface area contributed by atoms with Gasteiger partial charge >= 0.3 is 0 Å². The normalized spacial score (nSPS) is 17.6. The van der Waals surface area contributed by atoms with Gasteiger partial charge in [-0.1, -0.05) is 31.7 Å². The number of aliphatic hydroxyl groups is 1. The van der Waals surface area contributed by atoms with Crippen LogP contribution in [0.3, 0.4) is 0 Å². The van der Waals surface area contributed by atoms with Gasteiger partial charge in [-0.15, -0.1) is 0 Å². The van der Waals surface area contributed by atoms with Crippen LogP contribution in [0.5, 0.6) is 11.5 Å². The Labute approximate surface area is 180 Å². The van der Waals surface area contributed by atoms with Crippen molar-refractivity contribution in [3.05, 3.63) is 77.6 Å². The fraction of sp³-hybridized carbons (Fsp3) is 0.250. The molecule has 0 bridgehead atoms. The summed E-state index contributed by atoms with van der Waals surface area (Å²) < 4.78 is 24.7. The second-order valence-electron chi connectivity index (χ2n) is 7.01. The fourth-order valence-corrected chi connectivity index (χ4v) is 3.64. The van der Waals surface area contributed by atoms with Gasteiger partial charge in [-0.2, -0.15) is 0 Å². The van der Waals surface area contributed by atoms with E-state index in [2.05, 4.69) is 6.58 Å². The quantitative estimate of drug-likeness (QED) is 0.296. The standard InChI is InChI=1S/C24H24FNO5/c1-4-11-26-21(15-7-6-8-17(13-15)31-12-5-2)20(23(28)24(26)29)22(27)18-14-16(25)9-10-19(18)30-3/h5-10,13-14,21,27H,2,4,11-12H2,1,3H3/b22-20+. The number of benzene rings is 2. The van der Waals surface area contributed by atoms with Crippen LogP contribution < -0.4 is 9.47 Å². The van der Waals surface area contributed by atoms with E-state index >= 15 is 0 Å². The third-order valence-corrected chi connectivity index (χ3v) is 4.96. The summed E-state index contributed by atoms with van der Waals surface area (Å²) in [6.07, 6.45) is 2.21. The smallest absolute Gasteiger partial charge is 0.295 e. The number of amides is 1. The zero-order valence-corrected chi connectivity index (χ0v) is 17.4. The first kappa shape index (κ1) is 22.1. The van der Waals surface area contributed by atoms with Gasteiger partial charge in [-0.05, 0) is 42.3 Å². The van der Waals surface area contributed by atoms with Crippen molar-refractivity contribution in [2.75, 3.05) is 20.3 Å². The van der Waals surface area contributed by atoms with Gasteiger partial charge in [0.1, 0.15) is 29.7 Å². The zero-order chi connectivity index (χ0) is 22.5. The number of rotatable bonds is 8. The predicted octanol–water partition coefficient (Wildman–Crippen LogP) is 4.23. The summed E-state index contributed by atoms with van der Waals surface area (Å²) in [4.78, 5) is 27.1. The molecule has 1 atom stereocenters. The van der Waals surface area contributed by atoms with Gasteiger partial charge < -0.3 is 19.5 Å². The van der Waals surface area contributed by atoms with Crippen LogP contribution in [-0.2, 0) is 9.59 Å². The van der Waals surface area contributed by atoms with E-state index in [-0.39, 0.29) is 16.9 Å². The molecule has 2 aromatic carbocycles. The molecule has 0 aliphatic carbocycles. The summed E-state index contributed by atoms with van der Waals surface area (Å²) in [5, 5.41) is 11.1. The van der Waals surface area contributed by atoms with Gasteiger partial charge in [0.05, 0.1) is 24.3 Å². The highest BCUT2D eigenvalue weighted by Crippen LogP contribution is 2.41. The van der Waals surface area contributed by atoms with Crippen molar-refractivity contribution < 1.29 is 28.6 Å². The second kappa shape index (κ2) is 9.47. The Morgan fingerprint density at radius 3 is 2.71 bits per heavy atom. The van der Waals surface area contributed by atoms with Gasteiger partial charge in [0, 0.05) is 6.54 Å². The number of carbonyl (C=O) groups excluding carboxylic acids is 2. The van der Waals surface area contributed by atoms with Crippen molar-refractivity contribution in [2.45, 2.75) is 19.4 Å². The van der Waals surface area contributed by atoms with Crippen LogP contribution >= 0.6 is 0 Å². The summed E-state index contributed by atoms with van der Waals surface area (Å²) in [6.45, 7) is 6.10. The predicted molar refractivity (Wildman–Crippen MR) is 114 cm³/mol. The number of likely N-dealkylation sites (tertiary alicyclic amines) is 1. The van der Waals surface area contributed by atoms with E-state index in [9.17, 15) is 19.1 Å². The lowest BCUT2D eigenvalue weighted by atomic mass is 9.94. The Balaban J connectivity index is 2.21. The molecule has 1 N–H and O–H groups in total. The van der Waals surface area contributed by atoms with Crippen LogP contribution in [-0.4, -0.2) is 42.0 Å². The highest BCUT2D eigenvalue weighted by molar-refractivity contribution is 6.46. The number of halogens is 1. The molecule has 0 saturated carbocycles. The highest BCUT2D eigenvalue weighted by atomic mass is 19.1. The first-order valence-electron chi connectivity index (χ1n) is 9.88. The van der Waals surface area contributed by atoms with E-state index in [4.69, 9.17) is 9.47 Å². The average Bonchev–Trinajstić information content (AvgIpc) is 3.02. The Morgan fingerprint density at radius 1 is 1.26 bits per heavy atom. The molecule has 1 aliphatic heterocycles. The molecule has 7 heteroatoms. The molecule has 1 saturated heterocycles. The molecule has 0 radical (unpaired) electrons. The van der Waals surface area contributed by atoms with Crippen molar-refractivity contribution >= 4 is 17.4 Å². The molecule has 2 aromatic rings. The molecule has 6 nitrogen and oxygen atoms in total. The van der Waals surface area contributed by atoms with Gasteiger partial charge in [0.15, 0.2) is 0 Å². The number of aliphatic hydroxyl groups excluding tert-OH is 1. The van der Waals surface area contributed by atoms with E-state index in [1.165, 1.54) is 24.1 Å². The number of ketones is 1. The lowest BCUT2D eigenvalue weighted by Gasteiger charge is -2.25. The minimum Gasteiger partial charge on any atom is -0.507 e. The second-order valence-corrected chi connectivity index (χ2v) is 7.01. The van der Waals surface area contributed by atoms with E-state index in [1.54, 1.807) is 30.3 Å². The third kappa shape index (κ3) is 4.30. The van der Waals surface area contributed by atoms with Crippen LogP contribution in [0.2, 0.25) is 0 Å². The largest absolute Gasteiger partial charge is 0.507 e. The van der Waals surface area contributed by atoms with E-state index in [1.807, 2.05) is 6.92 Å². The number of hydrogen-bond donors (Lipinski definition) is 1. The van der Waals surface area contributed by atoms with Gasteiger partial charge in [-0.25, -0.2) is 4.39 Å². The molecule has 1 heterocycles. The van der Waals surface area contributed by atoms with Crippen molar-refractivity contribution in [3.63, 3.8) is 0 Å². The van der Waals surface area contributed by atoms with Crippen LogP contribution in [0.15, 0.2) is 60.7 Å². The van der Waals surface area contributed by atoms with E-state index in [0.717, 1.165) is 6.07 Å². The van der Waals surface area contributed by atoms with Crippen molar-refractivity contribution in [2.24, 2.45) is 0 Å². The SMILES string of the molecule is C=CCOc1cccc(C2/C(=C(\O)c3cc(F)ccc3OC)C(=O)C(=O)N2CCC)c1. The molecule has 1 aliphatic rings. The topological polar surface area (TPSA) is 76.1 Å². The molecule has 1 amide bonds. The van der Waals surface area contributed by atoms with Crippen molar-refractivity contribution in [1.82, 2.24) is 4.90 Å². The first-order chi connectivity index (χ1) is 14.9. The first-order valence-corrected chi connectivity index (χ1v) is 9.88. The van der Waals surface area contributed by atoms with Crippen LogP contribution in [0.4, 0.5) is 4.39 Å². The maximum atomic E-state index is 13.9. The van der Waals surface area contributed by atoms with Crippen LogP contribution in [0.25, 0.3) is 5.76 Å². The van der Waals surface area contributed by atoms with Gasteiger partial charge in [0.2, 0.25) is 0 Å². The number of carbonyl (C=O) groups is 2. The Kier molecular flexibility index (Phi) is 6.74. The minimum atomic E-state index is -0.847. The monoisotopic (exact) mass is 425 g/mol. The fourth-order valence-electron chi connectivity index (χ4n) is 3.64. The molecule has 162 valence electrons. The Morgan fingerprint density at radius 2 is 2.03 bits per heavy atom. The number of hydrogen-bond acceptors (Lipinski definition) is 5. The van der Waals surface area contributed by atoms with Crippen molar-refractivity contribution in [1.29, 1.82) is 0 Å². The maximum Gasteiger partial charge on any atom is 0.295 e. The highest BCUT2D eigenvalue weighted by Gasteiger charge is 2.46. The van der Waals surface area contributed by atoms with E-state index < -0.39 is 29.3 Å². The Bertz CT molecular complexity index is 1050. The van der Waals surface area contributed by atoms with Gasteiger partial charge in [0.25, 0.3) is 11.7 Å². The minimum absolute atomic E-state index is 0.000982. The lowest BCUT2D eigenvalue weighted by molar-refractivity contribution is -0.139. The molecule has 1 fully saturated rings. The van der Waals surface area contributed by atoms with E-state index in [0.29, 0.717) is 30.9 Å².